The Morgan fingerprint density at radius 2 is 2.30 bits per heavy atom. The number of urea groups is 1. The van der Waals surface area contributed by atoms with E-state index in [0.717, 1.165) is 25.1 Å². The van der Waals surface area contributed by atoms with Gasteiger partial charge in [0.1, 0.15) is 0 Å². The molecule has 0 aliphatic carbocycles. The van der Waals surface area contributed by atoms with E-state index in [1.165, 1.54) is 11.3 Å². The van der Waals surface area contributed by atoms with Crippen LogP contribution < -0.4 is 10.6 Å². The summed E-state index contributed by atoms with van der Waals surface area (Å²) in [5, 5.41) is 8.17. The van der Waals surface area contributed by atoms with Crippen molar-refractivity contribution in [1.29, 1.82) is 0 Å². The smallest absolute Gasteiger partial charge is 0.321 e. The number of carbonyl (C=O) groups is 2. The molecule has 1 aromatic rings. The van der Waals surface area contributed by atoms with Gasteiger partial charge >= 0.3 is 6.03 Å². The molecule has 110 valence electrons. The number of nitrogens with one attached hydrogen (secondary N) is 2. The van der Waals surface area contributed by atoms with Gasteiger partial charge in [-0.15, -0.1) is 11.3 Å². The second-order valence-corrected chi connectivity index (χ2v) is 5.63. The van der Waals surface area contributed by atoms with Gasteiger partial charge in [-0.1, -0.05) is 13.8 Å². The molecule has 1 aliphatic heterocycles. The van der Waals surface area contributed by atoms with Crippen molar-refractivity contribution in [2.45, 2.75) is 39.2 Å². The molecule has 1 fully saturated rings. The van der Waals surface area contributed by atoms with Gasteiger partial charge in [0.15, 0.2) is 5.13 Å². The van der Waals surface area contributed by atoms with Crippen molar-refractivity contribution in [3.63, 3.8) is 0 Å². The lowest BCUT2D eigenvalue weighted by molar-refractivity contribution is -0.129. The van der Waals surface area contributed by atoms with E-state index in [2.05, 4.69) is 15.6 Å². The molecular weight excluding hydrogens is 276 g/mol. The Bertz CT molecular complexity index is 488. The number of amides is 3. The predicted octanol–water partition coefficient (Wildman–Crippen LogP) is 1.84. The fourth-order valence-corrected chi connectivity index (χ4v) is 2.96. The lowest BCUT2D eigenvalue weighted by Gasteiger charge is -2.16. The topological polar surface area (TPSA) is 74.3 Å². The molecule has 0 bridgehead atoms. The van der Waals surface area contributed by atoms with E-state index in [-0.39, 0.29) is 18.0 Å². The van der Waals surface area contributed by atoms with Crippen LogP contribution in [0, 0.1) is 0 Å². The van der Waals surface area contributed by atoms with Crippen LogP contribution in [0.1, 0.15) is 32.4 Å². The van der Waals surface area contributed by atoms with Crippen LogP contribution in [0.25, 0.3) is 0 Å². The highest BCUT2D eigenvalue weighted by Crippen LogP contribution is 2.16. The quantitative estimate of drug-likeness (QED) is 0.890. The first-order valence-electron chi connectivity index (χ1n) is 6.92. The number of likely N-dealkylation sites (tertiary alicyclic amines) is 1. The molecule has 2 heterocycles. The second-order valence-electron chi connectivity index (χ2n) is 4.77. The van der Waals surface area contributed by atoms with Gasteiger partial charge in [-0.05, 0) is 12.8 Å². The van der Waals surface area contributed by atoms with Gasteiger partial charge < -0.3 is 10.2 Å². The Balaban J connectivity index is 1.79. The minimum Gasteiger partial charge on any atom is -0.341 e. The first kappa shape index (κ1) is 14.8. The summed E-state index contributed by atoms with van der Waals surface area (Å²) in [4.78, 5) is 29.5. The average Bonchev–Trinajstić information content (AvgIpc) is 3.07. The lowest BCUT2D eigenvalue weighted by Crippen LogP contribution is -2.40. The van der Waals surface area contributed by atoms with Crippen molar-refractivity contribution in [2.75, 3.05) is 18.4 Å². The Morgan fingerprint density at radius 3 is 2.95 bits per heavy atom. The summed E-state index contributed by atoms with van der Waals surface area (Å²) in [5.41, 5.74) is 0.978. The third kappa shape index (κ3) is 3.69. The molecular formula is C13H20N4O2S. The number of rotatable bonds is 4. The largest absolute Gasteiger partial charge is 0.341 e. The minimum atomic E-state index is -0.252. The molecule has 0 saturated carbocycles. The second kappa shape index (κ2) is 6.69. The van der Waals surface area contributed by atoms with E-state index in [4.69, 9.17) is 0 Å². The van der Waals surface area contributed by atoms with Crippen molar-refractivity contribution in [3.8, 4) is 0 Å². The standard InChI is InChI=1S/C13H20N4O2S/c1-3-9-8-20-13(15-9)16-12(19)14-10-5-6-17(7-10)11(18)4-2/h8,10H,3-7H2,1-2H3,(H2,14,15,16,19)/t10-/m0/s1. The van der Waals surface area contributed by atoms with Crippen LogP contribution >= 0.6 is 11.3 Å². The number of hydrogen-bond donors (Lipinski definition) is 2. The molecule has 0 unspecified atom stereocenters. The van der Waals surface area contributed by atoms with Gasteiger partial charge in [0.2, 0.25) is 5.91 Å². The molecule has 1 aliphatic rings. The summed E-state index contributed by atoms with van der Waals surface area (Å²) in [6, 6.07) is -0.228. The van der Waals surface area contributed by atoms with Crippen molar-refractivity contribution in [3.05, 3.63) is 11.1 Å². The Kier molecular flexibility index (Phi) is 4.94. The fourth-order valence-electron chi connectivity index (χ4n) is 2.17. The van der Waals surface area contributed by atoms with Gasteiger partial charge in [-0.3, -0.25) is 10.1 Å². The summed E-state index contributed by atoms with van der Waals surface area (Å²) in [5.74, 6) is 0.141. The summed E-state index contributed by atoms with van der Waals surface area (Å²) < 4.78 is 0. The van der Waals surface area contributed by atoms with E-state index >= 15 is 0 Å². The Hall–Kier alpha value is -1.63. The molecule has 2 N–H and O–H groups in total. The maximum atomic E-state index is 11.9. The van der Waals surface area contributed by atoms with Crippen LogP contribution in [0.3, 0.4) is 0 Å². The maximum absolute atomic E-state index is 11.9. The Labute approximate surface area is 122 Å². The van der Waals surface area contributed by atoms with Crippen LogP contribution in [0.4, 0.5) is 9.93 Å². The number of hydrogen-bond acceptors (Lipinski definition) is 4. The van der Waals surface area contributed by atoms with Crippen molar-refractivity contribution in [1.82, 2.24) is 15.2 Å². The van der Waals surface area contributed by atoms with E-state index < -0.39 is 0 Å². The molecule has 20 heavy (non-hydrogen) atoms. The average molecular weight is 296 g/mol. The monoisotopic (exact) mass is 296 g/mol. The number of aromatic nitrogens is 1. The predicted molar refractivity (Wildman–Crippen MR) is 78.9 cm³/mol. The van der Waals surface area contributed by atoms with Gasteiger partial charge in [0.05, 0.1) is 5.69 Å². The van der Waals surface area contributed by atoms with E-state index in [1.807, 2.05) is 19.2 Å². The number of nitrogens with zero attached hydrogens (tertiary/aromatic N) is 2. The van der Waals surface area contributed by atoms with Crippen LogP contribution in [0.15, 0.2) is 5.38 Å². The first-order valence-corrected chi connectivity index (χ1v) is 7.80. The summed E-state index contributed by atoms with van der Waals surface area (Å²) >= 11 is 1.42. The molecule has 6 nitrogen and oxygen atoms in total. The van der Waals surface area contributed by atoms with Crippen LogP contribution in [-0.4, -0.2) is 41.0 Å². The van der Waals surface area contributed by atoms with E-state index in [1.54, 1.807) is 4.90 Å². The molecule has 7 heteroatoms. The minimum absolute atomic E-state index is 0.0242. The number of aryl methyl sites for hydroxylation is 1. The fraction of sp³-hybridized carbons (Fsp3) is 0.615. The molecule has 1 atom stereocenters. The molecule has 0 aromatic carbocycles. The van der Waals surface area contributed by atoms with Crippen molar-refractivity contribution < 1.29 is 9.59 Å². The number of anilines is 1. The van der Waals surface area contributed by atoms with Crippen LogP contribution in [-0.2, 0) is 11.2 Å². The number of thiazole rings is 1. The van der Waals surface area contributed by atoms with E-state index in [0.29, 0.717) is 18.1 Å². The van der Waals surface area contributed by atoms with E-state index in [9.17, 15) is 9.59 Å². The third-order valence-corrected chi connectivity index (χ3v) is 4.12. The highest BCUT2D eigenvalue weighted by atomic mass is 32.1. The third-order valence-electron chi connectivity index (χ3n) is 3.31. The summed E-state index contributed by atoms with van der Waals surface area (Å²) in [6.45, 7) is 5.19. The zero-order chi connectivity index (χ0) is 14.5. The molecule has 1 aromatic heterocycles. The maximum Gasteiger partial charge on any atom is 0.321 e. The van der Waals surface area contributed by atoms with Gasteiger partial charge in [0, 0.05) is 30.9 Å². The van der Waals surface area contributed by atoms with Crippen LogP contribution in [0.5, 0.6) is 0 Å². The summed E-state index contributed by atoms with van der Waals surface area (Å²) in [7, 11) is 0. The molecule has 0 spiro atoms. The van der Waals surface area contributed by atoms with Crippen molar-refractivity contribution >= 4 is 28.4 Å². The molecule has 1 saturated heterocycles. The highest BCUT2D eigenvalue weighted by Gasteiger charge is 2.26. The number of carbonyl (C=O) groups excluding carboxylic acids is 2. The first-order chi connectivity index (χ1) is 9.62. The molecule has 2 rings (SSSR count). The highest BCUT2D eigenvalue weighted by molar-refractivity contribution is 7.13. The van der Waals surface area contributed by atoms with Gasteiger partial charge in [-0.2, -0.15) is 0 Å². The van der Waals surface area contributed by atoms with Gasteiger partial charge in [0.25, 0.3) is 0 Å². The SMILES string of the molecule is CCC(=O)N1CC[C@H](NC(=O)Nc2nc(CC)cs2)C1. The molecule has 3 amide bonds. The van der Waals surface area contributed by atoms with Gasteiger partial charge in [-0.25, -0.2) is 9.78 Å². The summed E-state index contributed by atoms with van der Waals surface area (Å²) in [6.07, 6.45) is 2.17. The zero-order valence-corrected chi connectivity index (χ0v) is 12.6. The zero-order valence-electron chi connectivity index (χ0n) is 11.8. The lowest BCUT2D eigenvalue weighted by atomic mass is 10.3. The molecule has 0 radical (unpaired) electrons. The van der Waals surface area contributed by atoms with Crippen LogP contribution in [0.2, 0.25) is 0 Å². The van der Waals surface area contributed by atoms with Crippen molar-refractivity contribution in [2.24, 2.45) is 0 Å². The normalized spacial score (nSPS) is 18.1. The Morgan fingerprint density at radius 1 is 1.50 bits per heavy atom.